The topological polar surface area (TPSA) is 0 Å². The van der Waals surface area contributed by atoms with Gasteiger partial charge >= 0.3 is 0 Å². The van der Waals surface area contributed by atoms with Crippen LogP contribution in [0.2, 0.25) is 0 Å². The van der Waals surface area contributed by atoms with Gasteiger partial charge in [-0.15, -0.1) is 23.2 Å². The third-order valence-electron chi connectivity index (χ3n) is 5.63. The Morgan fingerprint density at radius 1 is 0.769 bits per heavy atom. The van der Waals surface area contributed by atoms with Gasteiger partial charge in [-0.05, 0) is 62.6 Å². The van der Waals surface area contributed by atoms with Crippen LogP contribution in [0.3, 0.4) is 0 Å². The molecule has 2 heteroatoms. The van der Waals surface area contributed by atoms with E-state index < -0.39 is 0 Å². The lowest BCUT2D eigenvalue weighted by atomic mass is 9.89. The minimum atomic E-state index is 0.539. The summed E-state index contributed by atoms with van der Waals surface area (Å²) in [6.45, 7) is 2.25. The first-order valence-electron chi connectivity index (χ1n) is 9.62. The van der Waals surface area contributed by atoms with Gasteiger partial charge in [-0.2, -0.15) is 0 Å². The molecule has 0 amide bonds. The first-order valence-corrected chi connectivity index (χ1v) is 10.7. The molecule has 0 unspecified atom stereocenters. The number of fused-ring (bicyclic) bond motifs is 3. The van der Waals surface area contributed by atoms with E-state index in [1.165, 1.54) is 75.4 Å². The Balaban J connectivity index is 1.91. The smallest absolute Gasteiger partial charge is 0.0483 e. The molecule has 0 atom stereocenters. The molecule has 1 aliphatic rings. The number of hydrogen-bond acceptors (Lipinski definition) is 0. The van der Waals surface area contributed by atoms with Gasteiger partial charge in [-0.25, -0.2) is 0 Å². The Kier molecular flexibility index (Phi) is 5.25. The SMILES string of the molecule is CCCCCCc1cc(CCl)c2c(c1CCl)-c1cccc3cccc-2c13. The number of benzene rings is 3. The van der Waals surface area contributed by atoms with Crippen LogP contribution in [0.15, 0.2) is 42.5 Å². The van der Waals surface area contributed by atoms with Crippen LogP contribution in [0.5, 0.6) is 0 Å². The van der Waals surface area contributed by atoms with Gasteiger partial charge in [-0.1, -0.05) is 68.7 Å². The molecule has 3 aromatic carbocycles. The van der Waals surface area contributed by atoms with E-state index >= 15 is 0 Å². The van der Waals surface area contributed by atoms with Crippen LogP contribution >= 0.6 is 23.2 Å². The fraction of sp³-hybridized carbons (Fsp3) is 0.333. The molecular formula is C24H24Cl2. The van der Waals surface area contributed by atoms with Gasteiger partial charge in [-0.3, -0.25) is 0 Å². The lowest BCUT2D eigenvalue weighted by Gasteiger charge is -2.17. The number of aryl methyl sites for hydroxylation is 1. The summed E-state index contributed by atoms with van der Waals surface area (Å²) >= 11 is 12.9. The standard InChI is InChI=1S/C24H24Cl2/c1-2-3-4-5-8-17-13-18(14-25)23-19-11-6-9-16-10-7-12-20(22(16)19)24(23)21(17)15-26/h6-7,9-13H,2-5,8,14-15H2,1H3. The van der Waals surface area contributed by atoms with E-state index in [2.05, 4.69) is 49.4 Å². The van der Waals surface area contributed by atoms with Crippen molar-refractivity contribution < 1.29 is 0 Å². The molecule has 0 fully saturated rings. The molecule has 3 aromatic rings. The van der Waals surface area contributed by atoms with Crippen LogP contribution in [0.4, 0.5) is 0 Å². The summed E-state index contributed by atoms with van der Waals surface area (Å²) < 4.78 is 0. The molecule has 0 saturated carbocycles. The molecule has 0 spiro atoms. The zero-order valence-electron chi connectivity index (χ0n) is 15.2. The fourth-order valence-corrected chi connectivity index (χ4v) is 4.94. The molecule has 0 aromatic heterocycles. The van der Waals surface area contributed by atoms with E-state index in [0.29, 0.717) is 11.8 Å². The Labute approximate surface area is 166 Å². The average molecular weight is 383 g/mol. The maximum atomic E-state index is 6.50. The van der Waals surface area contributed by atoms with Crippen molar-refractivity contribution in [2.45, 2.75) is 50.8 Å². The minimum absolute atomic E-state index is 0.539. The van der Waals surface area contributed by atoms with Crippen molar-refractivity contribution in [3.63, 3.8) is 0 Å². The Bertz CT molecular complexity index is 951. The number of alkyl halides is 2. The van der Waals surface area contributed by atoms with Crippen molar-refractivity contribution in [2.24, 2.45) is 0 Å². The lowest BCUT2D eigenvalue weighted by Crippen LogP contribution is -2.00. The predicted octanol–water partition coefficient (Wildman–Crippen LogP) is 8.09. The van der Waals surface area contributed by atoms with Crippen LogP contribution in [-0.2, 0) is 18.2 Å². The molecule has 0 saturated heterocycles. The van der Waals surface area contributed by atoms with Crippen LogP contribution in [0.1, 0.15) is 49.3 Å². The van der Waals surface area contributed by atoms with Crippen molar-refractivity contribution in [3.05, 3.63) is 59.2 Å². The summed E-state index contributed by atoms with van der Waals surface area (Å²) in [7, 11) is 0. The number of rotatable bonds is 7. The highest BCUT2D eigenvalue weighted by Crippen LogP contribution is 2.51. The summed E-state index contributed by atoms with van der Waals surface area (Å²) in [5.74, 6) is 1.09. The van der Waals surface area contributed by atoms with E-state index in [1.807, 2.05) is 0 Å². The summed E-state index contributed by atoms with van der Waals surface area (Å²) in [5.41, 5.74) is 9.20. The van der Waals surface area contributed by atoms with Crippen LogP contribution in [0.25, 0.3) is 33.0 Å². The molecular weight excluding hydrogens is 359 g/mol. The van der Waals surface area contributed by atoms with Gasteiger partial charge in [0.25, 0.3) is 0 Å². The average Bonchev–Trinajstić information content (AvgIpc) is 3.01. The summed E-state index contributed by atoms with van der Waals surface area (Å²) in [5, 5.41) is 2.65. The monoisotopic (exact) mass is 382 g/mol. The molecule has 0 heterocycles. The highest BCUT2D eigenvalue weighted by molar-refractivity contribution is 6.22. The Morgan fingerprint density at radius 2 is 1.50 bits per heavy atom. The van der Waals surface area contributed by atoms with Gasteiger partial charge < -0.3 is 0 Å². The van der Waals surface area contributed by atoms with Crippen molar-refractivity contribution in [2.75, 3.05) is 0 Å². The van der Waals surface area contributed by atoms with E-state index in [9.17, 15) is 0 Å². The third-order valence-corrected chi connectivity index (χ3v) is 6.18. The van der Waals surface area contributed by atoms with E-state index in [-0.39, 0.29) is 0 Å². The predicted molar refractivity (Wildman–Crippen MR) is 115 cm³/mol. The Hall–Kier alpha value is -1.50. The molecule has 1 aliphatic carbocycles. The number of halogens is 2. The summed E-state index contributed by atoms with van der Waals surface area (Å²) in [4.78, 5) is 0. The number of unbranched alkanes of at least 4 members (excludes halogenated alkanes) is 3. The second-order valence-corrected chi connectivity index (χ2v) is 7.75. The van der Waals surface area contributed by atoms with Crippen LogP contribution in [-0.4, -0.2) is 0 Å². The quantitative estimate of drug-likeness (QED) is 0.223. The highest BCUT2D eigenvalue weighted by atomic mass is 35.5. The third kappa shape index (κ3) is 2.84. The van der Waals surface area contributed by atoms with Crippen molar-refractivity contribution in [1.82, 2.24) is 0 Å². The molecule has 134 valence electrons. The fourth-order valence-electron chi connectivity index (χ4n) is 4.43. The van der Waals surface area contributed by atoms with Crippen LogP contribution in [0, 0.1) is 0 Å². The van der Waals surface area contributed by atoms with Gasteiger partial charge in [0.2, 0.25) is 0 Å². The van der Waals surface area contributed by atoms with Gasteiger partial charge in [0.05, 0.1) is 0 Å². The second-order valence-electron chi connectivity index (χ2n) is 7.21. The maximum absolute atomic E-state index is 6.50. The van der Waals surface area contributed by atoms with Crippen molar-refractivity contribution in [3.8, 4) is 22.3 Å². The van der Waals surface area contributed by atoms with Gasteiger partial charge in [0, 0.05) is 11.8 Å². The minimum Gasteiger partial charge on any atom is -0.122 e. The molecule has 0 N–H and O–H groups in total. The molecule has 4 rings (SSSR count). The van der Waals surface area contributed by atoms with E-state index in [1.54, 1.807) is 0 Å². The molecule has 0 radical (unpaired) electrons. The first kappa shape index (κ1) is 17.9. The summed E-state index contributed by atoms with van der Waals surface area (Å²) in [6.07, 6.45) is 6.15. The van der Waals surface area contributed by atoms with E-state index in [4.69, 9.17) is 23.2 Å². The second kappa shape index (κ2) is 7.62. The Morgan fingerprint density at radius 3 is 2.15 bits per heavy atom. The summed E-state index contributed by atoms with van der Waals surface area (Å²) in [6, 6.07) is 15.5. The molecule has 26 heavy (non-hydrogen) atoms. The normalized spacial score (nSPS) is 12.0. The van der Waals surface area contributed by atoms with Gasteiger partial charge in [0.1, 0.15) is 0 Å². The first-order chi connectivity index (χ1) is 12.8. The van der Waals surface area contributed by atoms with Crippen LogP contribution < -0.4 is 0 Å². The van der Waals surface area contributed by atoms with E-state index in [0.717, 1.165) is 6.42 Å². The molecule has 0 bridgehead atoms. The zero-order valence-corrected chi connectivity index (χ0v) is 16.8. The van der Waals surface area contributed by atoms with Gasteiger partial charge in [0.15, 0.2) is 0 Å². The van der Waals surface area contributed by atoms with Crippen molar-refractivity contribution in [1.29, 1.82) is 0 Å². The maximum Gasteiger partial charge on any atom is 0.0483 e. The number of hydrogen-bond donors (Lipinski definition) is 0. The lowest BCUT2D eigenvalue weighted by molar-refractivity contribution is 0.665. The highest BCUT2D eigenvalue weighted by Gasteiger charge is 2.27. The molecule has 0 nitrogen and oxygen atoms in total. The molecule has 0 aliphatic heterocycles. The zero-order chi connectivity index (χ0) is 18.1. The largest absolute Gasteiger partial charge is 0.122 e. The van der Waals surface area contributed by atoms with Crippen molar-refractivity contribution >= 4 is 34.0 Å².